The van der Waals surface area contributed by atoms with Crippen molar-refractivity contribution in [1.82, 2.24) is 19.5 Å². The van der Waals surface area contributed by atoms with Crippen molar-refractivity contribution in [1.29, 1.82) is 0 Å². The molecule has 0 aliphatic carbocycles. The van der Waals surface area contributed by atoms with Crippen molar-refractivity contribution in [2.24, 2.45) is 0 Å². The van der Waals surface area contributed by atoms with Gasteiger partial charge >= 0.3 is 0 Å². The lowest BCUT2D eigenvalue weighted by Gasteiger charge is -2.16. The fraction of sp³-hybridized carbons (Fsp3) is 0. The average molecular weight is 783 g/mol. The lowest BCUT2D eigenvalue weighted by Crippen LogP contribution is -2.04. The Hall–Kier alpha value is -7.73. The molecule has 280 valence electrons. The summed E-state index contributed by atoms with van der Waals surface area (Å²) in [5, 5.41) is 7.54. The van der Waals surface area contributed by atoms with Crippen LogP contribution >= 0.6 is 11.3 Å². The van der Waals surface area contributed by atoms with E-state index in [0.717, 1.165) is 55.7 Å². The Morgan fingerprint density at radius 2 is 0.883 bits per heavy atom. The number of thiophene rings is 1. The van der Waals surface area contributed by atoms with Crippen molar-refractivity contribution in [2.75, 3.05) is 0 Å². The molecule has 0 N–H and O–H groups in total. The summed E-state index contributed by atoms with van der Waals surface area (Å²) in [6, 6.07) is 73.3. The summed E-state index contributed by atoms with van der Waals surface area (Å²) in [6.07, 6.45) is 0. The largest absolute Gasteiger partial charge is 0.308 e. The summed E-state index contributed by atoms with van der Waals surface area (Å²) >= 11 is 1.85. The second-order valence-corrected chi connectivity index (χ2v) is 16.3. The van der Waals surface area contributed by atoms with Crippen molar-refractivity contribution in [3.63, 3.8) is 0 Å². The van der Waals surface area contributed by atoms with E-state index in [2.05, 4.69) is 193 Å². The third kappa shape index (κ3) is 5.70. The Kier molecular flexibility index (Phi) is 8.00. The molecule has 3 heterocycles. The highest BCUT2D eigenvalue weighted by molar-refractivity contribution is 7.26. The first-order valence-corrected chi connectivity index (χ1v) is 21.0. The summed E-state index contributed by atoms with van der Waals surface area (Å²) in [5.74, 6) is 1.85. The van der Waals surface area contributed by atoms with Gasteiger partial charge in [-0.1, -0.05) is 158 Å². The van der Waals surface area contributed by atoms with Crippen molar-refractivity contribution >= 4 is 64.1 Å². The smallest absolute Gasteiger partial charge is 0.166 e. The highest BCUT2D eigenvalue weighted by Crippen LogP contribution is 2.42. The Morgan fingerprint density at radius 3 is 1.65 bits per heavy atom. The van der Waals surface area contributed by atoms with Crippen LogP contribution in [0.2, 0.25) is 0 Å². The molecule has 0 amide bonds. The number of para-hydroxylation sites is 2. The Labute approximate surface area is 350 Å². The van der Waals surface area contributed by atoms with Crippen LogP contribution in [-0.4, -0.2) is 19.5 Å². The van der Waals surface area contributed by atoms with Gasteiger partial charge in [0.25, 0.3) is 0 Å². The first kappa shape index (κ1) is 34.3. The van der Waals surface area contributed by atoms with Crippen LogP contribution < -0.4 is 0 Å². The van der Waals surface area contributed by atoms with Crippen molar-refractivity contribution in [3.05, 3.63) is 206 Å². The molecule has 12 rings (SSSR count). The number of nitrogens with zero attached hydrogens (tertiary/aromatic N) is 4. The molecular formula is C55H34N4S. The van der Waals surface area contributed by atoms with Gasteiger partial charge in [0.05, 0.1) is 16.7 Å². The van der Waals surface area contributed by atoms with Gasteiger partial charge in [-0.15, -0.1) is 11.3 Å². The zero-order chi connectivity index (χ0) is 39.6. The molecule has 0 saturated carbocycles. The SMILES string of the molecule is c1ccc(-c2ccc(-c3nc(-c4ccccc4)nc(-c4cccc(-c5ccc6sc7ccc8ccccc8c7c6c5)c4)n3)c(-n3c4ccccc4c4ccccc43)c2)cc1. The van der Waals surface area contributed by atoms with Gasteiger partial charge in [0.2, 0.25) is 0 Å². The maximum absolute atomic E-state index is 5.35. The van der Waals surface area contributed by atoms with E-state index in [-0.39, 0.29) is 0 Å². The number of rotatable bonds is 6. The normalized spacial score (nSPS) is 11.7. The van der Waals surface area contributed by atoms with E-state index in [1.807, 2.05) is 29.5 Å². The van der Waals surface area contributed by atoms with Gasteiger partial charge in [0.15, 0.2) is 17.5 Å². The molecule has 0 unspecified atom stereocenters. The molecule has 9 aromatic carbocycles. The van der Waals surface area contributed by atoms with E-state index < -0.39 is 0 Å². The summed E-state index contributed by atoms with van der Waals surface area (Å²) in [6.45, 7) is 0. The van der Waals surface area contributed by atoms with Gasteiger partial charge in [0, 0.05) is 47.6 Å². The average Bonchev–Trinajstić information content (AvgIpc) is 3.88. The quantitative estimate of drug-likeness (QED) is 0.169. The van der Waals surface area contributed by atoms with Crippen molar-refractivity contribution < 1.29 is 0 Å². The second kappa shape index (κ2) is 14.0. The summed E-state index contributed by atoms with van der Waals surface area (Å²) in [4.78, 5) is 15.8. The topological polar surface area (TPSA) is 43.6 Å². The van der Waals surface area contributed by atoms with Crippen LogP contribution in [0.15, 0.2) is 206 Å². The standard InChI is InChI=1S/C55H34N4S/c1-3-14-35(15-4-1)40-26-29-45(49(34-40)59-47-24-11-9-22-43(47)44-23-10-12-25-48(44)59)55-57-53(37-17-5-2-6-18-37)56-54(58-55)41-20-13-19-38(32-41)39-28-30-50-46(33-39)52-42-21-8-7-16-36(42)27-31-51(52)60-50/h1-34H. The summed E-state index contributed by atoms with van der Waals surface area (Å²) < 4.78 is 4.96. The van der Waals surface area contributed by atoms with Gasteiger partial charge in [-0.05, 0) is 81.6 Å². The first-order valence-electron chi connectivity index (χ1n) is 20.2. The van der Waals surface area contributed by atoms with Crippen LogP contribution in [0.3, 0.4) is 0 Å². The van der Waals surface area contributed by atoms with Crippen LogP contribution in [0.4, 0.5) is 0 Å². The fourth-order valence-corrected chi connectivity index (χ4v) is 9.91. The van der Waals surface area contributed by atoms with E-state index in [9.17, 15) is 0 Å². The summed E-state index contributed by atoms with van der Waals surface area (Å²) in [5.41, 5.74) is 10.5. The minimum Gasteiger partial charge on any atom is -0.308 e. The highest BCUT2D eigenvalue weighted by Gasteiger charge is 2.21. The van der Waals surface area contributed by atoms with E-state index in [1.54, 1.807) is 0 Å². The molecular weight excluding hydrogens is 749 g/mol. The van der Waals surface area contributed by atoms with Gasteiger partial charge in [-0.25, -0.2) is 15.0 Å². The molecule has 0 bridgehead atoms. The number of aromatic nitrogens is 4. The molecule has 0 atom stereocenters. The molecule has 3 aromatic heterocycles. The zero-order valence-electron chi connectivity index (χ0n) is 32.3. The number of fused-ring (bicyclic) bond motifs is 8. The van der Waals surface area contributed by atoms with Crippen LogP contribution in [0.5, 0.6) is 0 Å². The molecule has 5 heteroatoms. The minimum absolute atomic E-state index is 0.610. The van der Waals surface area contributed by atoms with Crippen LogP contribution in [-0.2, 0) is 0 Å². The Bertz CT molecular complexity index is 3550. The van der Waals surface area contributed by atoms with E-state index in [4.69, 9.17) is 15.0 Å². The molecule has 4 nitrogen and oxygen atoms in total. The fourth-order valence-electron chi connectivity index (χ4n) is 8.80. The lowest BCUT2D eigenvalue weighted by molar-refractivity contribution is 1.06. The second-order valence-electron chi connectivity index (χ2n) is 15.2. The molecule has 0 aliphatic heterocycles. The van der Waals surface area contributed by atoms with E-state index >= 15 is 0 Å². The molecule has 0 spiro atoms. The molecule has 12 aromatic rings. The number of hydrogen-bond acceptors (Lipinski definition) is 4. The molecule has 0 radical (unpaired) electrons. The lowest BCUT2D eigenvalue weighted by atomic mass is 9.99. The van der Waals surface area contributed by atoms with E-state index in [0.29, 0.717) is 17.5 Å². The molecule has 60 heavy (non-hydrogen) atoms. The third-order valence-corrected chi connectivity index (χ3v) is 12.8. The van der Waals surface area contributed by atoms with Crippen molar-refractivity contribution in [3.8, 4) is 62.1 Å². The number of hydrogen-bond donors (Lipinski definition) is 0. The predicted octanol–water partition coefficient (Wildman–Crippen LogP) is 14.8. The minimum atomic E-state index is 0.610. The Balaban J connectivity index is 1.06. The van der Waals surface area contributed by atoms with Gasteiger partial charge < -0.3 is 4.57 Å². The molecule has 0 aliphatic rings. The predicted molar refractivity (Wildman–Crippen MR) is 252 cm³/mol. The monoisotopic (exact) mass is 782 g/mol. The zero-order valence-corrected chi connectivity index (χ0v) is 33.1. The molecule has 0 fully saturated rings. The maximum Gasteiger partial charge on any atom is 0.166 e. The summed E-state index contributed by atoms with van der Waals surface area (Å²) in [7, 11) is 0. The van der Waals surface area contributed by atoms with E-state index in [1.165, 1.54) is 41.7 Å². The van der Waals surface area contributed by atoms with Crippen LogP contribution in [0, 0.1) is 0 Å². The number of benzene rings is 9. The highest BCUT2D eigenvalue weighted by atomic mass is 32.1. The van der Waals surface area contributed by atoms with Crippen LogP contribution in [0.25, 0.3) is 115 Å². The van der Waals surface area contributed by atoms with Gasteiger partial charge in [-0.3, -0.25) is 0 Å². The van der Waals surface area contributed by atoms with Crippen molar-refractivity contribution in [2.45, 2.75) is 0 Å². The van der Waals surface area contributed by atoms with Crippen LogP contribution in [0.1, 0.15) is 0 Å². The first-order chi connectivity index (χ1) is 29.7. The van der Waals surface area contributed by atoms with Gasteiger partial charge in [-0.2, -0.15) is 0 Å². The Morgan fingerprint density at radius 1 is 0.333 bits per heavy atom. The third-order valence-electron chi connectivity index (χ3n) is 11.6. The van der Waals surface area contributed by atoms with Gasteiger partial charge in [0.1, 0.15) is 0 Å². The molecule has 0 saturated heterocycles. The maximum atomic E-state index is 5.35.